The number of amides is 8. The van der Waals surface area contributed by atoms with Crippen LogP contribution in [0.3, 0.4) is 0 Å². The molecule has 30 heteroatoms. The van der Waals surface area contributed by atoms with Crippen molar-refractivity contribution < 1.29 is 62.8 Å². The first-order valence-electron chi connectivity index (χ1n) is 25.9. The zero-order valence-electron chi connectivity index (χ0n) is 45.8. The van der Waals surface area contributed by atoms with Crippen molar-refractivity contribution in [2.24, 2.45) is 17.2 Å². The lowest BCUT2D eigenvalue weighted by Crippen LogP contribution is -2.50. The molecule has 6 aromatic rings. The van der Waals surface area contributed by atoms with E-state index in [-0.39, 0.29) is 109 Å². The number of carbonyl (C=O) groups is 9. The third-order valence-electron chi connectivity index (χ3n) is 13.1. The highest BCUT2D eigenvalue weighted by Crippen LogP contribution is 2.34. The number of allylic oxidation sites excluding steroid dienone is 2. The number of imide groups is 1. The molecule has 1 saturated heterocycles. The number of aromatic nitrogens is 8. The molecule has 11 N–H and O–H groups in total. The fourth-order valence-electron chi connectivity index (χ4n) is 9.02. The molecule has 3 atom stereocenters. The van der Waals surface area contributed by atoms with E-state index in [1.807, 2.05) is 13.8 Å². The van der Waals surface area contributed by atoms with Gasteiger partial charge in [-0.15, -0.1) is 11.8 Å². The van der Waals surface area contributed by atoms with Crippen LogP contribution in [0.5, 0.6) is 11.5 Å². The van der Waals surface area contributed by atoms with Crippen molar-refractivity contribution in [3.05, 3.63) is 82.5 Å². The van der Waals surface area contributed by atoms with Gasteiger partial charge in [0.25, 0.3) is 11.8 Å². The number of thioether (sulfide) groups is 1. The van der Waals surface area contributed by atoms with Gasteiger partial charge in [-0.1, -0.05) is 12.2 Å². The molecule has 8 amide bonds. The normalized spacial score (nSPS) is 14.1. The lowest BCUT2D eigenvalue weighted by Gasteiger charge is -2.24. The molecule has 0 aliphatic carbocycles. The monoisotopic (exact) mass is 1150 g/mol. The number of nitrogens with one attached hydrogen (secondary N) is 3. The minimum atomic E-state index is -1.39. The van der Waals surface area contributed by atoms with Crippen LogP contribution in [-0.4, -0.2) is 175 Å². The second-order valence-electron chi connectivity index (χ2n) is 18.9. The number of anilines is 2. The Morgan fingerprint density at radius 1 is 0.829 bits per heavy atom. The van der Waals surface area contributed by atoms with E-state index in [0.29, 0.717) is 41.0 Å². The lowest BCUT2D eigenvalue weighted by atomic mass is 10.1. The number of nitrogens with zero attached hydrogens (tertiary/aromatic N) is 10. The fourth-order valence-corrected chi connectivity index (χ4v) is 10.1. The van der Waals surface area contributed by atoms with Gasteiger partial charge in [-0.05, 0) is 70.5 Å². The Labute approximate surface area is 472 Å². The van der Waals surface area contributed by atoms with Crippen molar-refractivity contribution in [2.75, 3.05) is 56.8 Å². The van der Waals surface area contributed by atoms with Gasteiger partial charge in [0.05, 0.1) is 48.0 Å². The van der Waals surface area contributed by atoms with Crippen molar-refractivity contribution in [1.82, 2.24) is 53.8 Å². The van der Waals surface area contributed by atoms with Gasteiger partial charge in [0.2, 0.25) is 47.3 Å². The number of fused-ring (bicyclic) bond motifs is 2. The number of aliphatic carboxylic acids is 1. The number of methoxy groups -OCH3 is 1. The van der Waals surface area contributed by atoms with Crippen molar-refractivity contribution in [2.45, 2.75) is 90.5 Å². The number of imidazole rings is 2. The van der Waals surface area contributed by atoms with E-state index in [1.165, 1.54) is 48.0 Å². The molecule has 5 heterocycles. The van der Waals surface area contributed by atoms with E-state index in [4.69, 9.17) is 36.8 Å². The van der Waals surface area contributed by atoms with Gasteiger partial charge >= 0.3 is 5.97 Å². The number of benzene rings is 2. The maximum absolute atomic E-state index is 14.0. The van der Waals surface area contributed by atoms with Crippen LogP contribution in [0.15, 0.2) is 48.6 Å². The summed E-state index contributed by atoms with van der Waals surface area (Å²) in [6, 6.07) is 6.46. The number of nitrogens with two attached hydrogens (primary N) is 3. The van der Waals surface area contributed by atoms with E-state index in [2.05, 4.69) is 31.1 Å². The number of aliphatic hydroxyl groups is 1. The van der Waals surface area contributed by atoms with E-state index >= 15 is 0 Å². The molecule has 0 bridgehead atoms. The molecule has 2 aromatic carbocycles. The third kappa shape index (κ3) is 13.7. The SMILES string of the molecule is CCn1nc(C)cc1C(=O)Nc1nc2cc(C(N)=O)cc(OC)c2n1C/C=C/Cn1c(NC(=O)c2cc(C)nn2CC)nc2cc(C(N)=O)cc(OCCCN(C)C(=O)C(CO)NC(=O)CCN3C(=O)CC(SCC(N)C(=O)O)C3=O)c21. The molecule has 1 aliphatic rings. The molecule has 1 fully saturated rings. The van der Waals surface area contributed by atoms with Gasteiger partial charge in [-0.3, -0.25) is 68.0 Å². The first-order valence-corrected chi connectivity index (χ1v) is 26.9. The number of hydrogen-bond acceptors (Lipinski definition) is 18. The van der Waals surface area contributed by atoms with Crippen LogP contribution in [0.2, 0.25) is 0 Å². The standard InChI is InChI=1S/C52H64N16O13S/c1-7-67-35(18-27(3)61-67)46(74)59-51-57-32-20-29(44(54)72)22-37(80-6)42(32)65(51)14-9-10-15-66-43-33(58-52(66)60-47(75)36-19-28(4)62-68(36)8-2)21-30(45(55)73)23-38(43)81-17-11-13-63(5)48(76)34(25-69)56-40(70)12-16-64-41(71)24-39(49(64)77)82-26-31(53)50(78)79/h9-10,18-23,31,34,39,69H,7-8,11-17,24-26,53H2,1-6H3,(H2,54,72)(H2,55,73)(H,56,70)(H,78,79)(H,57,59,74)(H,58,60,75)/b10-9+. The molecule has 4 aromatic heterocycles. The Morgan fingerprint density at radius 2 is 1.35 bits per heavy atom. The average Bonchev–Trinajstić information content (AvgIpc) is 4.44. The number of carbonyl (C=O) groups excluding carboxylic acids is 8. The molecule has 29 nitrogen and oxygen atoms in total. The van der Waals surface area contributed by atoms with E-state index in [1.54, 1.807) is 51.9 Å². The van der Waals surface area contributed by atoms with Gasteiger partial charge in [-0.25, -0.2) is 9.97 Å². The zero-order valence-corrected chi connectivity index (χ0v) is 46.7. The van der Waals surface area contributed by atoms with Crippen LogP contribution < -0.4 is 42.6 Å². The number of aryl methyl sites for hydroxylation is 4. The van der Waals surface area contributed by atoms with Crippen LogP contribution >= 0.6 is 11.8 Å². The number of aliphatic hydroxyl groups excluding tert-OH is 1. The maximum atomic E-state index is 14.0. The minimum absolute atomic E-state index is 0.0101. The highest BCUT2D eigenvalue weighted by atomic mass is 32.2. The summed E-state index contributed by atoms with van der Waals surface area (Å²) in [4.78, 5) is 127. The number of primary amides is 2. The highest BCUT2D eigenvalue weighted by Gasteiger charge is 2.39. The largest absolute Gasteiger partial charge is 0.494 e. The number of likely N-dealkylation sites (N-methyl/N-ethyl adjacent to an activating group) is 1. The number of rotatable bonds is 28. The number of hydrogen-bond donors (Lipinski definition) is 8. The summed E-state index contributed by atoms with van der Waals surface area (Å²) < 4.78 is 18.4. The lowest BCUT2D eigenvalue weighted by molar-refractivity contribution is -0.140. The maximum Gasteiger partial charge on any atom is 0.321 e. The summed E-state index contributed by atoms with van der Waals surface area (Å²) >= 11 is 0.935. The average molecular weight is 1150 g/mol. The van der Waals surface area contributed by atoms with Crippen LogP contribution in [0, 0.1) is 13.8 Å². The molecule has 0 radical (unpaired) electrons. The first-order chi connectivity index (χ1) is 39.1. The second kappa shape index (κ2) is 26.4. The minimum Gasteiger partial charge on any atom is -0.494 e. The van der Waals surface area contributed by atoms with Crippen molar-refractivity contribution >= 4 is 99.0 Å². The van der Waals surface area contributed by atoms with Crippen molar-refractivity contribution in [3.8, 4) is 11.5 Å². The highest BCUT2D eigenvalue weighted by molar-refractivity contribution is 8.00. The Hall–Kier alpha value is -9.16. The smallest absolute Gasteiger partial charge is 0.321 e. The topological polar surface area (TPSA) is 404 Å². The number of ether oxygens (including phenoxy) is 2. The Morgan fingerprint density at radius 3 is 1.84 bits per heavy atom. The van der Waals surface area contributed by atoms with Crippen molar-refractivity contribution in [3.63, 3.8) is 0 Å². The van der Waals surface area contributed by atoms with Crippen LogP contribution in [0.25, 0.3) is 22.1 Å². The van der Waals surface area contributed by atoms with Gasteiger partial charge in [0, 0.05) is 76.0 Å². The van der Waals surface area contributed by atoms with Crippen LogP contribution in [-0.2, 0) is 50.2 Å². The molecule has 436 valence electrons. The Kier molecular flexibility index (Phi) is 19.5. The van der Waals surface area contributed by atoms with E-state index in [9.17, 15) is 48.3 Å². The van der Waals surface area contributed by atoms with Gasteiger partial charge in [-0.2, -0.15) is 10.2 Å². The zero-order chi connectivity index (χ0) is 59.7. The fraction of sp³-hybridized carbons (Fsp3) is 0.404. The Bertz CT molecular complexity index is 3510. The van der Waals surface area contributed by atoms with E-state index in [0.717, 1.165) is 16.7 Å². The molecule has 0 saturated carbocycles. The molecule has 0 spiro atoms. The summed E-state index contributed by atoms with van der Waals surface area (Å²) in [7, 11) is 2.86. The molecular formula is C52H64N16O13S. The second-order valence-corrected chi connectivity index (χ2v) is 20.2. The van der Waals surface area contributed by atoms with Gasteiger partial charge < -0.3 is 56.2 Å². The predicted octanol–water partition coefficient (Wildman–Crippen LogP) is 0.770. The summed E-state index contributed by atoms with van der Waals surface area (Å²) in [6.07, 6.45) is 3.11. The molecule has 1 aliphatic heterocycles. The predicted molar refractivity (Wildman–Crippen MR) is 298 cm³/mol. The molecule has 3 unspecified atom stereocenters. The molecule has 82 heavy (non-hydrogen) atoms. The third-order valence-corrected chi connectivity index (χ3v) is 14.4. The quantitative estimate of drug-likeness (QED) is 0.0191. The summed E-state index contributed by atoms with van der Waals surface area (Å²) in [5, 5.41) is 35.3. The molecular weight excluding hydrogens is 1090 g/mol. The van der Waals surface area contributed by atoms with Gasteiger partial charge in [0.1, 0.15) is 46.0 Å². The van der Waals surface area contributed by atoms with Crippen molar-refractivity contribution in [1.29, 1.82) is 0 Å². The summed E-state index contributed by atoms with van der Waals surface area (Å²) in [6.45, 7) is 6.96. The first kappa shape index (κ1) is 60.5. The van der Waals surface area contributed by atoms with Gasteiger partial charge in [0.15, 0.2) is 0 Å². The number of carboxylic acid groups (broad SMARTS) is 1. The van der Waals surface area contributed by atoms with E-state index < -0.39 is 77.2 Å². The molecule has 7 rings (SSSR count). The summed E-state index contributed by atoms with van der Waals surface area (Å²) in [5.41, 5.74) is 20.2. The number of carboxylic acids is 1. The Balaban J connectivity index is 1.11. The summed E-state index contributed by atoms with van der Waals surface area (Å²) in [5.74, 6) is -5.93. The van der Waals surface area contributed by atoms with Crippen LogP contribution in [0.4, 0.5) is 11.9 Å². The van der Waals surface area contributed by atoms with Crippen LogP contribution in [0.1, 0.15) is 86.2 Å². The number of likely N-dealkylation sites (tertiary alicyclic amines) is 1.